The van der Waals surface area contributed by atoms with E-state index < -0.39 is 0 Å². The lowest BCUT2D eigenvalue weighted by Gasteiger charge is -2.13. The molecule has 0 saturated heterocycles. The third-order valence-electron chi connectivity index (χ3n) is 9.25. The molecule has 0 amide bonds. The van der Waals surface area contributed by atoms with Crippen molar-refractivity contribution in [3.05, 3.63) is 155 Å². The molecule has 9 aromatic rings. The van der Waals surface area contributed by atoms with Gasteiger partial charge in [0.15, 0.2) is 0 Å². The summed E-state index contributed by atoms with van der Waals surface area (Å²) in [6.45, 7) is 4.51. The van der Waals surface area contributed by atoms with Gasteiger partial charge in [-0.3, -0.25) is 0 Å². The van der Waals surface area contributed by atoms with Gasteiger partial charge in [-0.15, -0.1) is 11.3 Å². The first kappa shape index (κ1) is 26.1. The molecule has 2 nitrogen and oxygen atoms in total. The Morgan fingerprint density at radius 3 is 0.956 bits per heavy atom. The molecule has 3 aromatic heterocycles. The first-order valence-electron chi connectivity index (χ1n) is 15.5. The maximum atomic E-state index is 2.38. The first-order valence-corrected chi connectivity index (χ1v) is 16.3. The SMILES string of the molecule is Cc1sc(C)c(-c2ccc(-n3c4ccccc4c4ccccc43)cc2)c1-c1ccc(-n2c3ccccc3c3ccccc32)cc1. The number of rotatable bonds is 4. The van der Waals surface area contributed by atoms with Gasteiger partial charge in [0.2, 0.25) is 0 Å². The summed E-state index contributed by atoms with van der Waals surface area (Å²) in [6.07, 6.45) is 0. The van der Waals surface area contributed by atoms with Gasteiger partial charge < -0.3 is 9.13 Å². The largest absolute Gasteiger partial charge is 0.309 e. The second-order valence-electron chi connectivity index (χ2n) is 11.8. The van der Waals surface area contributed by atoms with Crippen LogP contribution in [0.1, 0.15) is 9.75 Å². The van der Waals surface area contributed by atoms with Gasteiger partial charge in [0.05, 0.1) is 22.1 Å². The van der Waals surface area contributed by atoms with Crippen molar-refractivity contribution in [1.82, 2.24) is 9.13 Å². The Balaban J connectivity index is 1.13. The van der Waals surface area contributed by atoms with E-state index in [2.05, 4.69) is 169 Å². The van der Waals surface area contributed by atoms with Crippen LogP contribution in [0.25, 0.3) is 77.2 Å². The van der Waals surface area contributed by atoms with E-state index in [1.165, 1.54) is 87.0 Å². The van der Waals surface area contributed by atoms with Crippen molar-refractivity contribution in [2.75, 3.05) is 0 Å². The van der Waals surface area contributed by atoms with E-state index in [1.54, 1.807) is 0 Å². The van der Waals surface area contributed by atoms with Gasteiger partial charge >= 0.3 is 0 Å². The molecule has 0 aliphatic carbocycles. The third-order valence-corrected chi connectivity index (χ3v) is 10.3. The molecule has 0 N–H and O–H groups in total. The molecule has 6 aromatic carbocycles. The number of para-hydroxylation sites is 4. The van der Waals surface area contributed by atoms with Gasteiger partial charge in [-0.25, -0.2) is 0 Å². The molecule has 3 heterocycles. The maximum Gasteiger partial charge on any atom is 0.0541 e. The Morgan fingerprint density at radius 2 is 0.644 bits per heavy atom. The van der Waals surface area contributed by atoms with Crippen LogP contribution < -0.4 is 0 Å². The van der Waals surface area contributed by atoms with E-state index in [0.29, 0.717) is 0 Å². The highest BCUT2D eigenvalue weighted by molar-refractivity contribution is 7.13. The molecule has 0 spiro atoms. The normalized spacial score (nSPS) is 11.8. The number of fused-ring (bicyclic) bond motifs is 6. The molecule has 0 atom stereocenters. The molecular formula is C42H30N2S. The average Bonchev–Trinajstić information content (AvgIpc) is 3.71. The summed E-state index contributed by atoms with van der Waals surface area (Å²) in [5, 5.41) is 5.14. The number of aromatic nitrogens is 2. The zero-order valence-corrected chi connectivity index (χ0v) is 26.0. The highest BCUT2D eigenvalue weighted by Gasteiger charge is 2.18. The molecule has 0 aliphatic rings. The lowest BCUT2D eigenvalue weighted by atomic mass is 9.95. The van der Waals surface area contributed by atoms with E-state index in [9.17, 15) is 0 Å². The summed E-state index contributed by atoms with van der Waals surface area (Å²) in [5.41, 5.74) is 12.5. The molecule has 214 valence electrons. The zero-order chi connectivity index (χ0) is 30.1. The lowest BCUT2D eigenvalue weighted by Crippen LogP contribution is -1.94. The van der Waals surface area contributed by atoms with Crippen LogP contribution in [0.2, 0.25) is 0 Å². The van der Waals surface area contributed by atoms with E-state index in [1.807, 2.05) is 11.3 Å². The maximum absolute atomic E-state index is 2.38. The quantitative estimate of drug-likeness (QED) is 0.192. The van der Waals surface area contributed by atoms with Gasteiger partial charge in [0.1, 0.15) is 0 Å². The van der Waals surface area contributed by atoms with Crippen LogP contribution in [0.4, 0.5) is 0 Å². The molecule has 45 heavy (non-hydrogen) atoms. The number of benzene rings is 6. The third kappa shape index (κ3) is 3.94. The smallest absolute Gasteiger partial charge is 0.0541 e. The molecule has 0 unspecified atom stereocenters. The summed E-state index contributed by atoms with van der Waals surface area (Å²) in [5.74, 6) is 0. The Hall–Kier alpha value is -5.38. The molecule has 3 heteroatoms. The predicted molar refractivity (Wildman–Crippen MR) is 193 cm³/mol. The van der Waals surface area contributed by atoms with E-state index in [-0.39, 0.29) is 0 Å². The van der Waals surface area contributed by atoms with Crippen LogP contribution in [0.5, 0.6) is 0 Å². The van der Waals surface area contributed by atoms with Crippen LogP contribution in [0, 0.1) is 13.8 Å². The van der Waals surface area contributed by atoms with Crippen LogP contribution >= 0.6 is 11.3 Å². The van der Waals surface area contributed by atoms with Gasteiger partial charge in [0.25, 0.3) is 0 Å². The minimum atomic E-state index is 1.18. The van der Waals surface area contributed by atoms with Crippen LogP contribution in [0.15, 0.2) is 146 Å². The van der Waals surface area contributed by atoms with Gasteiger partial charge in [-0.2, -0.15) is 0 Å². The van der Waals surface area contributed by atoms with Crippen molar-refractivity contribution in [3.8, 4) is 33.6 Å². The average molecular weight is 595 g/mol. The highest BCUT2D eigenvalue weighted by atomic mass is 32.1. The van der Waals surface area contributed by atoms with Crippen molar-refractivity contribution < 1.29 is 0 Å². The molecule has 0 aliphatic heterocycles. The van der Waals surface area contributed by atoms with Gasteiger partial charge in [-0.1, -0.05) is 97.1 Å². The fraction of sp³-hybridized carbons (Fsp3) is 0.0476. The minimum absolute atomic E-state index is 1.18. The monoisotopic (exact) mass is 594 g/mol. The van der Waals surface area contributed by atoms with Gasteiger partial charge in [0, 0.05) is 53.8 Å². The Kier molecular flexibility index (Phi) is 5.84. The van der Waals surface area contributed by atoms with Crippen molar-refractivity contribution in [2.45, 2.75) is 13.8 Å². The number of hydrogen-bond donors (Lipinski definition) is 0. The second kappa shape index (κ2) is 10.1. The van der Waals surface area contributed by atoms with E-state index in [4.69, 9.17) is 0 Å². The molecule has 0 fully saturated rings. The predicted octanol–water partition coefficient (Wildman–Crippen LogP) is 11.9. The first-order chi connectivity index (χ1) is 22.2. The summed E-state index contributed by atoms with van der Waals surface area (Å²) in [4.78, 5) is 2.69. The highest BCUT2D eigenvalue weighted by Crippen LogP contribution is 2.43. The fourth-order valence-electron chi connectivity index (χ4n) is 7.33. The van der Waals surface area contributed by atoms with E-state index in [0.717, 1.165) is 0 Å². The standard InChI is InChI=1S/C42H30N2S/c1-27-41(29-19-23-31(24-20-29)43-37-15-7-3-11-33(37)34-12-4-8-16-38(34)43)42(28(2)45-27)30-21-25-32(26-22-30)44-39-17-9-5-13-35(39)36-14-6-10-18-40(36)44/h3-26H,1-2H3. The van der Waals surface area contributed by atoms with Crippen molar-refractivity contribution in [2.24, 2.45) is 0 Å². The van der Waals surface area contributed by atoms with Crippen LogP contribution in [-0.4, -0.2) is 9.13 Å². The second-order valence-corrected chi connectivity index (χ2v) is 13.2. The lowest BCUT2D eigenvalue weighted by molar-refractivity contribution is 1.18. The van der Waals surface area contributed by atoms with Crippen molar-refractivity contribution >= 4 is 54.9 Å². The van der Waals surface area contributed by atoms with Crippen molar-refractivity contribution in [3.63, 3.8) is 0 Å². The molecule has 0 bridgehead atoms. The molecule has 0 radical (unpaired) electrons. The number of nitrogens with zero attached hydrogens (tertiary/aromatic N) is 2. The Bertz CT molecular complexity index is 2260. The number of aryl methyl sites for hydroxylation is 2. The fourth-order valence-corrected chi connectivity index (χ4v) is 8.44. The Morgan fingerprint density at radius 1 is 0.356 bits per heavy atom. The number of thiophene rings is 1. The summed E-state index contributed by atoms with van der Waals surface area (Å²) < 4.78 is 4.77. The molecule has 0 saturated carbocycles. The van der Waals surface area contributed by atoms with Crippen molar-refractivity contribution in [1.29, 1.82) is 0 Å². The van der Waals surface area contributed by atoms with Crippen LogP contribution in [-0.2, 0) is 0 Å². The summed E-state index contributed by atoms with van der Waals surface area (Å²) in [6, 6.07) is 53.0. The Labute approximate surface area is 266 Å². The van der Waals surface area contributed by atoms with Gasteiger partial charge in [-0.05, 0) is 73.5 Å². The minimum Gasteiger partial charge on any atom is -0.309 e. The zero-order valence-electron chi connectivity index (χ0n) is 25.2. The molecular weight excluding hydrogens is 565 g/mol. The topological polar surface area (TPSA) is 9.86 Å². The van der Waals surface area contributed by atoms with E-state index >= 15 is 0 Å². The summed E-state index contributed by atoms with van der Waals surface area (Å²) >= 11 is 1.89. The summed E-state index contributed by atoms with van der Waals surface area (Å²) in [7, 11) is 0. The molecule has 9 rings (SSSR count). The van der Waals surface area contributed by atoms with Crippen LogP contribution in [0.3, 0.4) is 0 Å². The number of hydrogen-bond acceptors (Lipinski definition) is 1.